The maximum Gasteiger partial charge on any atom is 0.163 e. The molecule has 1 aliphatic carbocycles. The van der Waals surface area contributed by atoms with Crippen LogP contribution in [0.25, 0.3) is 21.9 Å². The molecule has 1 saturated carbocycles. The lowest BCUT2D eigenvalue weighted by molar-refractivity contribution is -0.156. The molecule has 1 aromatic carbocycles. The number of aryl methyl sites for hydroxylation is 1. The fraction of sp³-hybridized carbons (Fsp3) is 0.346. The summed E-state index contributed by atoms with van der Waals surface area (Å²) in [6.45, 7) is 8.46. The fourth-order valence-electron chi connectivity index (χ4n) is 5.59. The second-order valence-electron chi connectivity index (χ2n) is 9.83. The van der Waals surface area contributed by atoms with Crippen molar-refractivity contribution >= 4 is 49.5 Å². The van der Waals surface area contributed by atoms with Crippen LogP contribution in [0.15, 0.2) is 59.5 Å². The highest BCUT2D eigenvalue weighted by molar-refractivity contribution is 9.10. The summed E-state index contributed by atoms with van der Waals surface area (Å²) in [6.07, 6.45) is 4.98. The van der Waals surface area contributed by atoms with Gasteiger partial charge in [0.1, 0.15) is 29.7 Å². The SMILES string of the molecule is C=C1[C@@H](n2ccc3c(N)ncnc32)[C@@H]2OC(C)(C)O[C@@H]2[C@H]1CCc1ccc2cc(Br)c(N)nc2c1. The molecule has 4 N–H and O–H groups in total. The first-order valence-corrected chi connectivity index (χ1v) is 12.5. The molecule has 180 valence electrons. The Morgan fingerprint density at radius 3 is 2.71 bits per heavy atom. The molecule has 1 aliphatic heterocycles. The van der Waals surface area contributed by atoms with Gasteiger partial charge in [-0.3, -0.25) is 0 Å². The molecule has 4 atom stereocenters. The number of hydrogen-bond acceptors (Lipinski definition) is 7. The quantitative estimate of drug-likeness (QED) is 0.362. The predicted molar refractivity (Wildman–Crippen MR) is 140 cm³/mol. The van der Waals surface area contributed by atoms with E-state index in [0.29, 0.717) is 11.6 Å². The molecule has 2 fully saturated rings. The van der Waals surface area contributed by atoms with E-state index in [1.807, 2.05) is 32.2 Å². The largest absolute Gasteiger partial charge is 0.383 e. The molecule has 0 radical (unpaired) electrons. The summed E-state index contributed by atoms with van der Waals surface area (Å²) in [7, 11) is 0. The highest BCUT2D eigenvalue weighted by Crippen LogP contribution is 2.51. The number of ether oxygens (including phenoxy) is 2. The Morgan fingerprint density at radius 2 is 1.89 bits per heavy atom. The van der Waals surface area contributed by atoms with Crippen molar-refractivity contribution in [2.45, 2.75) is 50.7 Å². The fourth-order valence-corrected chi connectivity index (χ4v) is 5.93. The average molecular weight is 535 g/mol. The molecule has 4 heterocycles. The smallest absolute Gasteiger partial charge is 0.163 e. The van der Waals surface area contributed by atoms with Crippen LogP contribution >= 0.6 is 15.9 Å². The van der Waals surface area contributed by atoms with E-state index >= 15 is 0 Å². The van der Waals surface area contributed by atoms with Crippen LogP contribution in [0.5, 0.6) is 0 Å². The lowest BCUT2D eigenvalue weighted by Crippen LogP contribution is -2.27. The number of benzene rings is 1. The van der Waals surface area contributed by atoms with Gasteiger partial charge in [0.2, 0.25) is 0 Å². The van der Waals surface area contributed by atoms with Crippen LogP contribution in [0.4, 0.5) is 11.6 Å². The van der Waals surface area contributed by atoms with Crippen LogP contribution in [0.3, 0.4) is 0 Å². The van der Waals surface area contributed by atoms with Crippen LogP contribution in [-0.4, -0.2) is 37.5 Å². The van der Waals surface area contributed by atoms with Crippen LogP contribution in [-0.2, 0) is 15.9 Å². The molecule has 0 bridgehead atoms. The van der Waals surface area contributed by atoms with Gasteiger partial charge in [-0.05, 0) is 72.0 Å². The van der Waals surface area contributed by atoms with Crippen LogP contribution in [0.1, 0.15) is 31.9 Å². The van der Waals surface area contributed by atoms with Crippen molar-refractivity contribution in [3.8, 4) is 0 Å². The van der Waals surface area contributed by atoms with Crippen molar-refractivity contribution in [1.29, 1.82) is 0 Å². The van der Waals surface area contributed by atoms with Gasteiger partial charge < -0.3 is 25.5 Å². The predicted octanol–water partition coefficient (Wildman–Crippen LogP) is 4.79. The first-order chi connectivity index (χ1) is 16.7. The van der Waals surface area contributed by atoms with E-state index in [-0.39, 0.29) is 24.2 Å². The molecule has 2 aliphatic rings. The second-order valence-corrected chi connectivity index (χ2v) is 10.7. The number of rotatable bonds is 4. The zero-order valence-corrected chi connectivity index (χ0v) is 21.2. The zero-order chi connectivity index (χ0) is 24.5. The van der Waals surface area contributed by atoms with Gasteiger partial charge in [0.25, 0.3) is 0 Å². The molecule has 3 aromatic heterocycles. The highest BCUT2D eigenvalue weighted by Gasteiger charge is 2.56. The topological polar surface area (TPSA) is 114 Å². The zero-order valence-electron chi connectivity index (χ0n) is 19.6. The third-order valence-corrected chi connectivity index (χ3v) is 7.81. The first-order valence-electron chi connectivity index (χ1n) is 11.7. The molecule has 0 spiro atoms. The number of nitrogens with two attached hydrogens (primary N) is 2. The Morgan fingerprint density at radius 1 is 1.09 bits per heavy atom. The lowest BCUT2D eigenvalue weighted by atomic mass is 9.92. The molecule has 9 heteroatoms. The third kappa shape index (κ3) is 3.69. The summed E-state index contributed by atoms with van der Waals surface area (Å²) in [6, 6.07) is 10.2. The van der Waals surface area contributed by atoms with Gasteiger partial charge in [-0.25, -0.2) is 15.0 Å². The van der Waals surface area contributed by atoms with Crippen molar-refractivity contribution in [3.05, 3.63) is 65.0 Å². The van der Waals surface area contributed by atoms with Crippen LogP contribution in [0, 0.1) is 5.92 Å². The van der Waals surface area contributed by atoms with E-state index in [0.717, 1.165) is 44.8 Å². The number of nitrogen functional groups attached to an aromatic ring is 2. The summed E-state index contributed by atoms with van der Waals surface area (Å²) in [5, 5.41) is 1.88. The summed E-state index contributed by atoms with van der Waals surface area (Å²) in [5.74, 6) is 0.419. The number of anilines is 2. The summed E-state index contributed by atoms with van der Waals surface area (Å²) in [5.41, 5.74) is 16.0. The monoisotopic (exact) mass is 534 g/mol. The van der Waals surface area contributed by atoms with Gasteiger partial charge in [0.05, 0.1) is 27.5 Å². The molecule has 1 saturated heterocycles. The summed E-state index contributed by atoms with van der Waals surface area (Å²) in [4.78, 5) is 13.2. The Hall–Kier alpha value is -3.01. The second kappa shape index (κ2) is 8.01. The van der Waals surface area contributed by atoms with Crippen LogP contribution < -0.4 is 11.5 Å². The van der Waals surface area contributed by atoms with Gasteiger partial charge in [0, 0.05) is 17.5 Å². The Kier molecular flexibility index (Phi) is 5.14. The maximum atomic E-state index is 6.42. The molecule has 0 unspecified atom stereocenters. The number of nitrogens with zero attached hydrogens (tertiary/aromatic N) is 4. The van der Waals surface area contributed by atoms with Gasteiger partial charge >= 0.3 is 0 Å². The molecule has 35 heavy (non-hydrogen) atoms. The van der Waals surface area contributed by atoms with E-state index < -0.39 is 5.79 Å². The first kappa shape index (κ1) is 22.5. The molecule has 6 rings (SSSR count). The van der Waals surface area contributed by atoms with Crippen molar-refractivity contribution in [2.24, 2.45) is 5.92 Å². The Bertz CT molecular complexity index is 1480. The number of aromatic nitrogens is 4. The van der Waals surface area contributed by atoms with Crippen LogP contribution in [0.2, 0.25) is 0 Å². The van der Waals surface area contributed by atoms with Gasteiger partial charge in [0.15, 0.2) is 5.79 Å². The molecule has 8 nitrogen and oxygen atoms in total. The normalized spacial score (nSPS) is 25.5. The Labute approximate surface area is 211 Å². The lowest BCUT2D eigenvalue weighted by Gasteiger charge is -2.26. The van der Waals surface area contributed by atoms with E-state index in [2.05, 4.69) is 60.2 Å². The van der Waals surface area contributed by atoms with Crippen molar-refractivity contribution in [1.82, 2.24) is 19.5 Å². The number of fused-ring (bicyclic) bond motifs is 3. The number of hydrogen-bond donors (Lipinski definition) is 2. The van der Waals surface area contributed by atoms with Gasteiger partial charge in [-0.2, -0.15) is 0 Å². The molecular formula is C26H27BrN6O2. The van der Waals surface area contributed by atoms with Crippen molar-refractivity contribution in [2.75, 3.05) is 11.5 Å². The summed E-state index contributed by atoms with van der Waals surface area (Å²) < 4.78 is 15.8. The standard InChI is InChI=1S/C26H27BrN6O2/c1-13-16(7-5-14-4-6-15-11-18(27)24(29)32-19(15)10-14)21-22(35-26(2,3)34-21)20(13)33-9-8-17-23(28)30-12-31-25(17)33/h4,6,8-12,16,20-22H,1,5,7H2,2-3H3,(H2,29,32)(H2,28,30,31)/t16-,20+,21+,22-/m0/s1. The van der Waals surface area contributed by atoms with Gasteiger partial charge in [-0.1, -0.05) is 18.7 Å². The van der Waals surface area contributed by atoms with E-state index in [9.17, 15) is 0 Å². The minimum absolute atomic E-state index is 0.0932. The minimum Gasteiger partial charge on any atom is -0.383 e. The number of halogens is 1. The van der Waals surface area contributed by atoms with E-state index in [4.69, 9.17) is 20.9 Å². The molecular weight excluding hydrogens is 508 g/mol. The van der Waals surface area contributed by atoms with E-state index in [1.165, 1.54) is 11.9 Å². The maximum absolute atomic E-state index is 6.42. The van der Waals surface area contributed by atoms with Crippen molar-refractivity contribution in [3.63, 3.8) is 0 Å². The summed E-state index contributed by atoms with van der Waals surface area (Å²) >= 11 is 3.45. The highest BCUT2D eigenvalue weighted by atomic mass is 79.9. The third-order valence-electron chi connectivity index (χ3n) is 7.17. The molecule has 4 aromatic rings. The average Bonchev–Trinajstić information content (AvgIpc) is 3.43. The molecule has 0 amide bonds. The number of pyridine rings is 1. The van der Waals surface area contributed by atoms with Crippen molar-refractivity contribution < 1.29 is 9.47 Å². The van der Waals surface area contributed by atoms with E-state index in [1.54, 1.807) is 0 Å². The Balaban J connectivity index is 1.31. The van der Waals surface area contributed by atoms with Gasteiger partial charge in [-0.15, -0.1) is 0 Å². The minimum atomic E-state index is -0.665.